The van der Waals surface area contributed by atoms with Crippen molar-refractivity contribution in [3.63, 3.8) is 0 Å². The van der Waals surface area contributed by atoms with Gasteiger partial charge in [0.15, 0.2) is 0 Å². The highest BCUT2D eigenvalue weighted by Crippen LogP contribution is 2.35. The molecule has 2 aliphatic rings. The highest BCUT2D eigenvalue weighted by Gasteiger charge is 2.20. The number of para-hydroxylation sites is 1. The molecular formula is C19H20N2O2S. The molecule has 4 nitrogen and oxygen atoms in total. The second kappa shape index (κ2) is 6.40. The average Bonchev–Trinajstić information content (AvgIpc) is 3.13. The molecule has 1 saturated carbocycles. The van der Waals surface area contributed by atoms with Crippen molar-refractivity contribution in [2.24, 2.45) is 10.9 Å². The van der Waals surface area contributed by atoms with E-state index in [1.807, 2.05) is 30.3 Å². The van der Waals surface area contributed by atoms with Gasteiger partial charge in [-0.2, -0.15) is 0 Å². The van der Waals surface area contributed by atoms with E-state index in [4.69, 9.17) is 0 Å². The van der Waals surface area contributed by atoms with Crippen LogP contribution in [0.2, 0.25) is 0 Å². The first-order chi connectivity index (χ1) is 11.7. The molecule has 1 aliphatic heterocycles. The van der Waals surface area contributed by atoms with Crippen molar-refractivity contribution < 1.29 is 5.11 Å². The minimum absolute atomic E-state index is 0.0758. The smallest absolute Gasteiger partial charge is 0.310 e. The lowest BCUT2D eigenvalue weighted by Gasteiger charge is -2.21. The molecule has 1 fully saturated rings. The van der Waals surface area contributed by atoms with E-state index in [0.717, 1.165) is 41.0 Å². The quantitative estimate of drug-likeness (QED) is 0.897. The van der Waals surface area contributed by atoms with Crippen LogP contribution in [0.25, 0.3) is 11.6 Å². The number of allylic oxidation sites excluding steroid dienone is 1. The first-order valence-electron chi connectivity index (χ1n) is 8.50. The van der Waals surface area contributed by atoms with Gasteiger partial charge in [0.05, 0.1) is 10.6 Å². The monoisotopic (exact) mass is 340 g/mol. The largest absolute Gasteiger partial charge is 0.493 e. The van der Waals surface area contributed by atoms with Gasteiger partial charge in [0.1, 0.15) is 0 Å². The second-order valence-corrected chi connectivity index (χ2v) is 7.54. The Balaban J connectivity index is 1.64. The fraction of sp³-hybridized carbons (Fsp3) is 0.368. The number of hydrogen-bond acceptors (Lipinski definition) is 4. The maximum Gasteiger partial charge on any atom is 0.310 e. The highest BCUT2D eigenvalue weighted by molar-refractivity contribution is 7.10. The van der Waals surface area contributed by atoms with Crippen LogP contribution in [0.4, 0.5) is 5.69 Å². The highest BCUT2D eigenvalue weighted by atomic mass is 32.1. The predicted octanol–water partition coefficient (Wildman–Crippen LogP) is 4.45. The lowest BCUT2D eigenvalue weighted by atomic mass is 9.89. The van der Waals surface area contributed by atoms with Gasteiger partial charge in [0.2, 0.25) is 5.88 Å². The van der Waals surface area contributed by atoms with Crippen LogP contribution >= 0.6 is 11.3 Å². The molecule has 1 aliphatic carbocycles. The molecule has 4 rings (SSSR count). The zero-order chi connectivity index (χ0) is 16.5. The fourth-order valence-corrected chi connectivity index (χ4v) is 4.44. The van der Waals surface area contributed by atoms with Crippen molar-refractivity contribution in [1.82, 2.24) is 4.57 Å². The standard InChI is InChI=1S/C19H20N2O2S/c22-18-17(10-14-11-20-16-9-5-4-8-15(14)16)24-19(23)21(18)12-13-6-2-1-3-7-13/h4-5,8-11,13,22H,1-3,6-7,12H2. The van der Waals surface area contributed by atoms with E-state index in [0.29, 0.717) is 17.3 Å². The van der Waals surface area contributed by atoms with E-state index in [2.05, 4.69) is 4.99 Å². The van der Waals surface area contributed by atoms with Gasteiger partial charge in [-0.3, -0.25) is 14.4 Å². The Labute approximate surface area is 144 Å². The molecule has 0 spiro atoms. The zero-order valence-electron chi connectivity index (χ0n) is 13.4. The lowest BCUT2D eigenvalue weighted by Crippen LogP contribution is -2.20. The zero-order valence-corrected chi connectivity index (χ0v) is 14.3. The van der Waals surface area contributed by atoms with E-state index in [1.165, 1.54) is 19.3 Å². The van der Waals surface area contributed by atoms with Crippen LogP contribution in [0.1, 0.15) is 42.5 Å². The van der Waals surface area contributed by atoms with Crippen LogP contribution in [-0.4, -0.2) is 15.9 Å². The molecule has 0 saturated heterocycles. The molecule has 1 aromatic carbocycles. The van der Waals surface area contributed by atoms with Crippen LogP contribution in [0, 0.1) is 5.92 Å². The summed E-state index contributed by atoms with van der Waals surface area (Å²) in [6.45, 7) is 0.634. The van der Waals surface area contributed by atoms with Crippen molar-refractivity contribution in [2.45, 2.75) is 38.6 Å². The second-order valence-electron chi connectivity index (χ2n) is 6.55. The first-order valence-corrected chi connectivity index (χ1v) is 9.32. The Kier molecular flexibility index (Phi) is 4.10. The molecule has 5 heteroatoms. The molecule has 0 atom stereocenters. The molecule has 24 heavy (non-hydrogen) atoms. The number of fused-ring (bicyclic) bond motifs is 1. The minimum atomic E-state index is -0.0758. The molecule has 0 radical (unpaired) electrons. The van der Waals surface area contributed by atoms with E-state index in [9.17, 15) is 9.90 Å². The van der Waals surface area contributed by atoms with Gasteiger partial charge in [0, 0.05) is 23.9 Å². The van der Waals surface area contributed by atoms with Crippen LogP contribution in [0.15, 0.2) is 34.1 Å². The number of thiazole rings is 1. The van der Waals surface area contributed by atoms with Gasteiger partial charge in [-0.1, -0.05) is 48.8 Å². The van der Waals surface area contributed by atoms with Gasteiger partial charge in [0.25, 0.3) is 0 Å². The topological polar surface area (TPSA) is 54.6 Å². The molecule has 1 aromatic heterocycles. The lowest BCUT2D eigenvalue weighted by molar-refractivity contribution is 0.299. The summed E-state index contributed by atoms with van der Waals surface area (Å²) in [5.74, 6) is 0.604. The van der Waals surface area contributed by atoms with Crippen LogP contribution < -0.4 is 4.87 Å². The van der Waals surface area contributed by atoms with Crippen molar-refractivity contribution in [2.75, 3.05) is 0 Å². The summed E-state index contributed by atoms with van der Waals surface area (Å²) in [6, 6.07) is 7.89. The molecular weight excluding hydrogens is 320 g/mol. The Hall–Kier alpha value is -2.14. The van der Waals surface area contributed by atoms with Crippen molar-refractivity contribution >= 4 is 34.9 Å². The average molecular weight is 340 g/mol. The summed E-state index contributed by atoms with van der Waals surface area (Å²) in [5.41, 5.74) is 2.90. The molecule has 0 bridgehead atoms. The summed E-state index contributed by atoms with van der Waals surface area (Å²) < 4.78 is 1.55. The number of nitrogens with zero attached hydrogens (tertiary/aromatic N) is 2. The number of aromatic nitrogens is 1. The number of benzene rings is 1. The number of rotatable bonds is 3. The van der Waals surface area contributed by atoms with Gasteiger partial charge < -0.3 is 5.11 Å². The predicted molar refractivity (Wildman–Crippen MR) is 99.3 cm³/mol. The van der Waals surface area contributed by atoms with Crippen molar-refractivity contribution in [3.8, 4) is 5.88 Å². The summed E-state index contributed by atoms with van der Waals surface area (Å²) in [7, 11) is 0. The normalized spacial score (nSPS) is 19.1. The van der Waals surface area contributed by atoms with Gasteiger partial charge in [-0.15, -0.1) is 0 Å². The molecule has 0 amide bonds. The Morgan fingerprint density at radius 2 is 2.04 bits per heavy atom. The van der Waals surface area contributed by atoms with Crippen molar-refractivity contribution in [1.29, 1.82) is 0 Å². The number of aromatic hydroxyl groups is 1. The summed E-state index contributed by atoms with van der Waals surface area (Å²) in [6.07, 6.45) is 9.71. The summed E-state index contributed by atoms with van der Waals surface area (Å²) in [4.78, 5) is 17.2. The van der Waals surface area contributed by atoms with Gasteiger partial charge in [-0.25, -0.2) is 0 Å². The van der Waals surface area contributed by atoms with Gasteiger partial charge in [-0.05, 0) is 30.9 Å². The minimum Gasteiger partial charge on any atom is -0.493 e. The fourth-order valence-electron chi connectivity index (χ4n) is 3.59. The van der Waals surface area contributed by atoms with E-state index >= 15 is 0 Å². The molecule has 1 N–H and O–H groups in total. The first kappa shape index (κ1) is 15.4. The molecule has 0 unspecified atom stereocenters. The Morgan fingerprint density at radius 1 is 1.25 bits per heavy atom. The third kappa shape index (κ3) is 2.84. The van der Waals surface area contributed by atoms with E-state index in [-0.39, 0.29) is 10.8 Å². The van der Waals surface area contributed by atoms with E-state index < -0.39 is 0 Å². The maximum atomic E-state index is 12.3. The van der Waals surface area contributed by atoms with Crippen molar-refractivity contribution in [3.05, 3.63) is 44.4 Å². The van der Waals surface area contributed by atoms with Crippen LogP contribution in [0.5, 0.6) is 5.88 Å². The third-order valence-electron chi connectivity index (χ3n) is 4.90. The summed E-state index contributed by atoms with van der Waals surface area (Å²) in [5, 5.41) is 10.5. The maximum absolute atomic E-state index is 12.3. The van der Waals surface area contributed by atoms with E-state index in [1.54, 1.807) is 10.8 Å². The summed E-state index contributed by atoms with van der Waals surface area (Å²) >= 11 is 1.11. The molecule has 2 heterocycles. The number of aliphatic imine (C=N–C) groups is 1. The van der Waals surface area contributed by atoms with Gasteiger partial charge >= 0.3 is 4.87 Å². The molecule has 2 aromatic rings. The SMILES string of the molecule is O=c1sc(C=C2C=Nc3ccccc32)c(O)n1CC1CCCCC1. The van der Waals surface area contributed by atoms with Crippen LogP contribution in [0.3, 0.4) is 0 Å². The molecule has 124 valence electrons. The van der Waals surface area contributed by atoms with Crippen LogP contribution in [-0.2, 0) is 6.54 Å². The third-order valence-corrected chi connectivity index (χ3v) is 5.82. The Morgan fingerprint density at radius 3 is 2.88 bits per heavy atom. The number of hydrogen-bond donors (Lipinski definition) is 1. The Bertz CT molecular complexity index is 870.